The quantitative estimate of drug-likeness (QED) is 0.556. The van der Waals surface area contributed by atoms with Crippen LogP contribution in [0.15, 0.2) is 21.7 Å². The summed E-state index contributed by atoms with van der Waals surface area (Å²) in [6.07, 6.45) is 3.40. The van der Waals surface area contributed by atoms with Crippen molar-refractivity contribution in [3.05, 3.63) is 17.5 Å². The minimum atomic E-state index is -0.104. The highest BCUT2D eigenvalue weighted by molar-refractivity contribution is 8.01. The molecule has 1 unspecified atom stereocenters. The monoisotopic (exact) mass is 259 g/mol. The molecule has 1 atom stereocenters. The number of likely N-dealkylation sites (N-methyl/N-ethyl adjacent to an activating group) is 1. The average Bonchev–Trinajstić information content (AvgIpc) is 2.81. The van der Waals surface area contributed by atoms with Crippen LogP contribution in [0, 0.1) is 0 Å². The summed E-state index contributed by atoms with van der Waals surface area (Å²) >= 11 is 3.73. The van der Waals surface area contributed by atoms with Crippen molar-refractivity contribution >= 4 is 23.1 Å². The molecule has 0 radical (unpaired) electrons. The Labute approximate surface area is 106 Å². The van der Waals surface area contributed by atoms with Crippen LogP contribution in [-0.2, 0) is 0 Å². The Bertz CT molecular complexity index is 271. The van der Waals surface area contributed by atoms with Gasteiger partial charge in [0.2, 0.25) is 0 Å². The molecule has 0 spiro atoms. The maximum absolute atomic E-state index is 9.23. The summed E-state index contributed by atoms with van der Waals surface area (Å²) in [7, 11) is 1.91. The first-order valence-corrected chi connectivity index (χ1v) is 7.53. The van der Waals surface area contributed by atoms with Gasteiger partial charge in [-0.2, -0.15) is 0 Å². The van der Waals surface area contributed by atoms with E-state index in [-0.39, 0.29) is 12.1 Å². The van der Waals surface area contributed by atoms with Crippen LogP contribution < -0.4 is 5.32 Å². The smallest absolute Gasteiger partial charge is 0.0610 e. The van der Waals surface area contributed by atoms with Gasteiger partial charge >= 0.3 is 0 Å². The summed E-state index contributed by atoms with van der Waals surface area (Å²) in [4.78, 5) is 0. The number of unbranched alkanes of at least 4 members (excludes halogenated alkanes) is 1. The molecule has 0 saturated carbocycles. The lowest BCUT2D eigenvalue weighted by molar-refractivity contribution is 0.171. The van der Waals surface area contributed by atoms with Gasteiger partial charge in [-0.3, -0.25) is 0 Å². The highest BCUT2D eigenvalue weighted by Gasteiger charge is 2.19. The van der Waals surface area contributed by atoms with Crippen molar-refractivity contribution in [1.29, 1.82) is 0 Å². The fraction of sp³-hybridized carbons (Fsp3) is 0.667. The Morgan fingerprint density at radius 1 is 1.50 bits per heavy atom. The molecule has 4 heteroatoms. The SMILES string of the molecule is CNC(C)(CO)CCCCSc1cccs1. The second-order valence-corrected chi connectivity index (χ2v) is 6.55. The van der Waals surface area contributed by atoms with Crippen molar-refractivity contribution in [3.63, 3.8) is 0 Å². The van der Waals surface area contributed by atoms with Crippen LogP contribution in [0.1, 0.15) is 26.2 Å². The van der Waals surface area contributed by atoms with E-state index < -0.39 is 0 Å². The van der Waals surface area contributed by atoms with Crippen LogP contribution in [0.25, 0.3) is 0 Å². The van der Waals surface area contributed by atoms with Gasteiger partial charge in [-0.25, -0.2) is 0 Å². The minimum Gasteiger partial charge on any atom is -0.394 e. The maximum atomic E-state index is 9.23. The summed E-state index contributed by atoms with van der Waals surface area (Å²) in [6, 6.07) is 4.26. The maximum Gasteiger partial charge on any atom is 0.0610 e. The fourth-order valence-electron chi connectivity index (χ4n) is 1.42. The molecular formula is C12H21NOS2. The van der Waals surface area contributed by atoms with E-state index in [1.807, 2.05) is 18.8 Å². The first-order chi connectivity index (χ1) is 7.70. The van der Waals surface area contributed by atoms with Crippen molar-refractivity contribution in [2.75, 3.05) is 19.4 Å². The van der Waals surface area contributed by atoms with E-state index in [4.69, 9.17) is 0 Å². The molecule has 0 aliphatic heterocycles. The summed E-state index contributed by atoms with van der Waals surface area (Å²) in [5.41, 5.74) is -0.104. The lowest BCUT2D eigenvalue weighted by Crippen LogP contribution is -2.43. The van der Waals surface area contributed by atoms with E-state index >= 15 is 0 Å². The number of rotatable bonds is 8. The lowest BCUT2D eigenvalue weighted by atomic mass is 9.96. The molecule has 1 aromatic heterocycles. The van der Waals surface area contributed by atoms with Crippen molar-refractivity contribution in [3.8, 4) is 0 Å². The Hall–Kier alpha value is -0.0300. The molecular weight excluding hydrogens is 238 g/mol. The molecule has 0 aliphatic carbocycles. The van der Waals surface area contributed by atoms with E-state index in [1.54, 1.807) is 11.3 Å². The van der Waals surface area contributed by atoms with E-state index in [0.717, 1.165) is 12.8 Å². The van der Waals surface area contributed by atoms with Crippen molar-refractivity contribution in [2.24, 2.45) is 0 Å². The number of aliphatic hydroxyl groups excluding tert-OH is 1. The molecule has 0 aliphatic rings. The Balaban J connectivity index is 2.08. The molecule has 2 nitrogen and oxygen atoms in total. The molecule has 0 fully saturated rings. The standard InChI is InChI=1S/C12H21NOS2/c1-12(10-14,13-2)7-3-4-8-15-11-6-5-9-16-11/h5-6,9,13-14H,3-4,7-8,10H2,1-2H3. The number of hydrogen-bond donors (Lipinski definition) is 2. The van der Waals surface area contributed by atoms with Crippen molar-refractivity contribution in [1.82, 2.24) is 5.32 Å². The third kappa shape index (κ3) is 4.87. The Kier molecular flexibility index (Phi) is 6.43. The molecule has 16 heavy (non-hydrogen) atoms. The van der Waals surface area contributed by atoms with Gasteiger partial charge in [-0.15, -0.1) is 23.1 Å². The van der Waals surface area contributed by atoms with Crippen LogP contribution in [0.3, 0.4) is 0 Å². The predicted octanol–water partition coefficient (Wildman–Crippen LogP) is 2.98. The molecule has 1 heterocycles. The van der Waals surface area contributed by atoms with Crippen LogP contribution in [0.5, 0.6) is 0 Å². The highest BCUT2D eigenvalue weighted by atomic mass is 32.2. The number of thioether (sulfide) groups is 1. The molecule has 1 rings (SSSR count). The summed E-state index contributed by atoms with van der Waals surface area (Å²) in [6.45, 7) is 2.28. The van der Waals surface area contributed by atoms with E-state index in [2.05, 4.69) is 29.8 Å². The zero-order valence-corrected chi connectivity index (χ0v) is 11.7. The van der Waals surface area contributed by atoms with Gasteiger partial charge in [0.1, 0.15) is 0 Å². The van der Waals surface area contributed by atoms with Gasteiger partial charge in [-0.05, 0) is 44.0 Å². The molecule has 0 bridgehead atoms. The Morgan fingerprint density at radius 3 is 2.88 bits per heavy atom. The number of aliphatic hydroxyl groups is 1. The molecule has 0 aromatic carbocycles. The number of nitrogens with one attached hydrogen (secondary N) is 1. The topological polar surface area (TPSA) is 32.3 Å². The van der Waals surface area contributed by atoms with E-state index in [0.29, 0.717) is 0 Å². The third-order valence-electron chi connectivity index (χ3n) is 2.81. The fourth-order valence-corrected chi connectivity index (χ4v) is 3.28. The van der Waals surface area contributed by atoms with Crippen LogP contribution in [-0.4, -0.2) is 30.1 Å². The van der Waals surface area contributed by atoms with Crippen LogP contribution >= 0.6 is 23.1 Å². The predicted molar refractivity (Wildman–Crippen MR) is 73.4 cm³/mol. The molecule has 0 amide bonds. The van der Waals surface area contributed by atoms with E-state index in [9.17, 15) is 5.11 Å². The van der Waals surface area contributed by atoms with Crippen LogP contribution in [0.4, 0.5) is 0 Å². The molecule has 0 saturated heterocycles. The van der Waals surface area contributed by atoms with Gasteiger partial charge < -0.3 is 10.4 Å². The summed E-state index contributed by atoms with van der Waals surface area (Å²) in [5, 5.41) is 14.5. The second-order valence-electron chi connectivity index (χ2n) is 4.21. The Morgan fingerprint density at radius 2 is 2.31 bits per heavy atom. The van der Waals surface area contributed by atoms with Crippen molar-refractivity contribution in [2.45, 2.75) is 35.9 Å². The van der Waals surface area contributed by atoms with Crippen LogP contribution in [0.2, 0.25) is 0 Å². The number of thiophene rings is 1. The molecule has 2 N–H and O–H groups in total. The van der Waals surface area contributed by atoms with Gasteiger partial charge in [-0.1, -0.05) is 12.5 Å². The normalized spacial score (nSPS) is 14.9. The highest BCUT2D eigenvalue weighted by Crippen LogP contribution is 2.25. The van der Waals surface area contributed by atoms with Gasteiger partial charge in [0.25, 0.3) is 0 Å². The average molecular weight is 259 g/mol. The first-order valence-electron chi connectivity index (χ1n) is 5.66. The van der Waals surface area contributed by atoms with Crippen molar-refractivity contribution < 1.29 is 5.11 Å². The molecule has 92 valence electrons. The van der Waals surface area contributed by atoms with Gasteiger partial charge in [0, 0.05) is 5.54 Å². The summed E-state index contributed by atoms with van der Waals surface area (Å²) in [5.74, 6) is 1.17. The third-order valence-corrected chi connectivity index (χ3v) is 5.03. The lowest BCUT2D eigenvalue weighted by Gasteiger charge is -2.26. The first kappa shape index (κ1) is 14.0. The largest absolute Gasteiger partial charge is 0.394 e. The zero-order valence-electron chi connectivity index (χ0n) is 10.0. The van der Waals surface area contributed by atoms with Gasteiger partial charge in [0.05, 0.1) is 10.8 Å². The van der Waals surface area contributed by atoms with Gasteiger partial charge in [0.15, 0.2) is 0 Å². The zero-order chi connectivity index (χ0) is 11.9. The second kappa shape index (κ2) is 7.33. The van der Waals surface area contributed by atoms with E-state index in [1.165, 1.54) is 16.4 Å². The minimum absolute atomic E-state index is 0.104. The molecule has 1 aromatic rings. The summed E-state index contributed by atoms with van der Waals surface area (Å²) < 4.78 is 1.40. The number of hydrogen-bond acceptors (Lipinski definition) is 4.